The summed E-state index contributed by atoms with van der Waals surface area (Å²) in [5, 5.41) is 2.80. The van der Waals surface area contributed by atoms with Crippen LogP contribution in [0.15, 0.2) is 54.6 Å². The van der Waals surface area contributed by atoms with E-state index < -0.39 is 5.79 Å². The predicted octanol–water partition coefficient (Wildman–Crippen LogP) is 9.41. The summed E-state index contributed by atoms with van der Waals surface area (Å²) < 4.78 is 6.91. The van der Waals surface area contributed by atoms with E-state index in [0.717, 1.165) is 0 Å². The number of aryl methyl sites for hydroxylation is 3. The minimum atomic E-state index is -0.433. The van der Waals surface area contributed by atoms with Crippen molar-refractivity contribution in [1.82, 2.24) is 4.90 Å². The van der Waals surface area contributed by atoms with E-state index in [2.05, 4.69) is 145 Å². The van der Waals surface area contributed by atoms with E-state index in [-0.39, 0.29) is 5.41 Å². The van der Waals surface area contributed by atoms with Crippen molar-refractivity contribution in [2.45, 2.75) is 99.4 Å². The molecule has 0 saturated heterocycles. The first-order chi connectivity index (χ1) is 20.8. The summed E-state index contributed by atoms with van der Waals surface area (Å²) in [7, 11) is 0. The molecule has 2 aromatic heterocycles. The largest absolute Gasteiger partial charge is 0.479 e. The van der Waals surface area contributed by atoms with Crippen LogP contribution in [0.1, 0.15) is 88.8 Å². The molecule has 1 unspecified atom stereocenters. The first kappa shape index (κ1) is 28.0. The van der Waals surface area contributed by atoms with Crippen molar-refractivity contribution in [2.24, 2.45) is 5.92 Å². The molecular formula is C40H45N3S+2. The van der Waals surface area contributed by atoms with Gasteiger partial charge in [0.2, 0.25) is 11.2 Å². The van der Waals surface area contributed by atoms with Crippen molar-refractivity contribution < 1.29 is 9.14 Å². The minimum absolute atomic E-state index is 0.0662. The molecule has 224 valence electrons. The zero-order valence-electron chi connectivity index (χ0n) is 28.2. The minimum Gasteiger partial charge on any atom is -0.156 e. The van der Waals surface area contributed by atoms with Crippen LogP contribution in [-0.4, -0.2) is 27.4 Å². The third-order valence-electron chi connectivity index (χ3n) is 10.7. The van der Waals surface area contributed by atoms with Gasteiger partial charge in [-0.3, -0.25) is 0 Å². The second kappa shape index (κ2) is 8.81. The third-order valence-corrected chi connectivity index (χ3v) is 11.8. The monoisotopic (exact) mass is 599 g/mol. The smallest absolute Gasteiger partial charge is 0.156 e. The molecule has 5 aromatic rings. The first-order valence-corrected chi connectivity index (χ1v) is 17.3. The zero-order valence-corrected chi connectivity index (χ0v) is 29.0. The van der Waals surface area contributed by atoms with Gasteiger partial charge >= 0.3 is 5.79 Å². The molecule has 1 aliphatic carbocycles. The molecule has 0 N–H and O–H groups in total. The van der Waals surface area contributed by atoms with E-state index in [4.69, 9.17) is 0 Å². The van der Waals surface area contributed by atoms with Gasteiger partial charge in [-0.05, 0) is 93.8 Å². The van der Waals surface area contributed by atoms with Crippen LogP contribution in [0.4, 0.5) is 0 Å². The predicted molar refractivity (Wildman–Crippen MR) is 186 cm³/mol. The van der Waals surface area contributed by atoms with Crippen LogP contribution in [0.3, 0.4) is 0 Å². The van der Waals surface area contributed by atoms with Crippen LogP contribution >= 0.6 is 11.3 Å². The number of hydrogen-bond acceptors (Lipinski definition) is 2. The Morgan fingerprint density at radius 3 is 2.16 bits per heavy atom. The number of rotatable bonds is 3. The highest BCUT2D eigenvalue weighted by atomic mass is 32.1. The summed E-state index contributed by atoms with van der Waals surface area (Å²) in [5.41, 5.74) is 14.0. The highest BCUT2D eigenvalue weighted by molar-refractivity contribution is 7.22. The SMILES string of the molecule is Cc1cc(C)c2c(C)cc3[n+](c2c1)C1(c2ccc4c(c2-3)-c2sc3ccccc3c2C4(C)C)N(C(C)C)C(C(C)C)=[N+]1C(C)C. The Morgan fingerprint density at radius 2 is 1.48 bits per heavy atom. The summed E-state index contributed by atoms with van der Waals surface area (Å²) in [6.45, 7) is 26.0. The van der Waals surface area contributed by atoms with Gasteiger partial charge in [0.25, 0.3) is 5.84 Å². The molecular weight excluding hydrogens is 555 g/mol. The molecule has 1 atom stereocenters. The molecule has 44 heavy (non-hydrogen) atoms. The fourth-order valence-corrected chi connectivity index (χ4v) is 10.8. The topological polar surface area (TPSA) is 10.1 Å². The van der Waals surface area contributed by atoms with Crippen molar-refractivity contribution in [1.29, 1.82) is 0 Å². The average Bonchev–Trinajstić information content (AvgIpc) is 3.52. The van der Waals surface area contributed by atoms with Crippen molar-refractivity contribution in [3.05, 3.63) is 88.0 Å². The lowest BCUT2D eigenvalue weighted by atomic mass is 9.80. The lowest BCUT2D eigenvalue weighted by molar-refractivity contribution is -0.955. The van der Waals surface area contributed by atoms with Crippen molar-refractivity contribution >= 4 is 38.2 Å². The van der Waals surface area contributed by atoms with Crippen LogP contribution in [0.2, 0.25) is 0 Å². The van der Waals surface area contributed by atoms with Crippen LogP contribution in [0.25, 0.3) is 42.7 Å². The summed E-state index contributed by atoms with van der Waals surface area (Å²) in [4.78, 5) is 4.22. The number of hydrogen-bond donors (Lipinski definition) is 0. The van der Waals surface area contributed by atoms with Crippen molar-refractivity contribution in [2.75, 3.05) is 0 Å². The Hall–Kier alpha value is -3.50. The maximum Gasteiger partial charge on any atom is 0.479 e. The average molecular weight is 600 g/mol. The highest BCUT2D eigenvalue weighted by Crippen LogP contribution is 2.61. The number of amidine groups is 1. The quantitative estimate of drug-likeness (QED) is 0.188. The lowest BCUT2D eigenvalue weighted by Crippen LogP contribution is -2.83. The second-order valence-corrected chi connectivity index (χ2v) is 16.0. The fraction of sp³-hybridized carbons (Fsp3) is 0.400. The highest BCUT2D eigenvalue weighted by Gasteiger charge is 2.77. The Labute approximate surface area is 266 Å². The van der Waals surface area contributed by atoms with Gasteiger partial charge in [0.05, 0.1) is 16.9 Å². The van der Waals surface area contributed by atoms with Gasteiger partial charge in [-0.2, -0.15) is 9.48 Å². The van der Waals surface area contributed by atoms with Gasteiger partial charge in [-0.1, -0.05) is 58.0 Å². The first-order valence-electron chi connectivity index (χ1n) is 16.5. The van der Waals surface area contributed by atoms with Crippen molar-refractivity contribution in [3.63, 3.8) is 0 Å². The summed E-state index contributed by atoms with van der Waals surface area (Å²) in [6, 6.07) is 22.0. The molecule has 0 amide bonds. The van der Waals surface area contributed by atoms with Crippen LogP contribution in [0, 0.1) is 26.7 Å². The van der Waals surface area contributed by atoms with E-state index in [0.29, 0.717) is 18.0 Å². The maximum atomic E-state index is 2.76. The Bertz CT molecular complexity index is 2120. The van der Waals surface area contributed by atoms with Gasteiger partial charge in [-0.25, -0.2) is 0 Å². The molecule has 0 fully saturated rings. The van der Waals surface area contributed by atoms with Crippen LogP contribution < -0.4 is 4.57 Å². The summed E-state index contributed by atoms with van der Waals surface area (Å²) >= 11 is 1.99. The van der Waals surface area contributed by atoms with Crippen molar-refractivity contribution in [3.8, 4) is 21.7 Å². The Kier molecular flexibility index (Phi) is 5.61. The number of aromatic nitrogens is 1. The van der Waals surface area contributed by atoms with Gasteiger partial charge in [0.1, 0.15) is 17.6 Å². The second-order valence-electron chi connectivity index (χ2n) is 14.9. The van der Waals surface area contributed by atoms with E-state index >= 15 is 0 Å². The molecule has 8 rings (SSSR count). The molecule has 0 bridgehead atoms. The lowest BCUT2D eigenvalue weighted by Gasteiger charge is -2.46. The molecule has 4 heterocycles. The molecule has 1 spiro atoms. The number of nitrogens with zero attached hydrogens (tertiary/aromatic N) is 3. The van der Waals surface area contributed by atoms with E-state index in [9.17, 15) is 0 Å². The van der Waals surface area contributed by atoms with Gasteiger partial charge < -0.3 is 0 Å². The zero-order chi connectivity index (χ0) is 31.2. The molecule has 0 saturated carbocycles. The number of fused-ring (bicyclic) bond motifs is 13. The Morgan fingerprint density at radius 1 is 0.795 bits per heavy atom. The van der Waals surface area contributed by atoms with E-state index in [1.54, 1.807) is 0 Å². The van der Waals surface area contributed by atoms with Gasteiger partial charge in [-0.15, -0.1) is 15.9 Å². The fourth-order valence-electron chi connectivity index (χ4n) is 9.42. The third kappa shape index (κ3) is 3.08. The van der Waals surface area contributed by atoms with Gasteiger partial charge in [0.15, 0.2) is 0 Å². The molecule has 0 radical (unpaired) electrons. The molecule has 3 nitrogen and oxygen atoms in total. The molecule has 3 aliphatic rings. The standard InChI is InChI=1S/C40H45N3S/c1-21(2)38-41(22(3)4)40(42(38)23(5)6)29-17-16-28-35(37-36(39(28,10)11)27-14-12-13-15-32(27)44-37)34(29)31-20-26(9)33-25(8)18-24(7)19-30(33)43(31)40/h12-23H,1-11H3/q+2. The van der Waals surface area contributed by atoms with Gasteiger partial charge in [0, 0.05) is 32.7 Å². The number of thiophene rings is 1. The summed E-state index contributed by atoms with van der Waals surface area (Å²) in [6.07, 6.45) is 0. The maximum absolute atomic E-state index is 2.76. The molecule has 4 heteroatoms. The van der Waals surface area contributed by atoms with Crippen LogP contribution in [-0.2, 0) is 11.2 Å². The van der Waals surface area contributed by atoms with E-state index in [1.165, 1.54) is 81.9 Å². The normalized spacial score (nSPS) is 19.5. The Balaban J connectivity index is 1.62. The van der Waals surface area contributed by atoms with E-state index in [1.807, 2.05) is 11.3 Å². The van der Waals surface area contributed by atoms with Crippen LogP contribution in [0.5, 0.6) is 0 Å². The molecule has 3 aromatic carbocycles. The number of pyridine rings is 1. The molecule has 2 aliphatic heterocycles. The summed E-state index contributed by atoms with van der Waals surface area (Å²) in [5.74, 6) is 1.43. The number of benzene rings is 3.